The number of halogens is 1. The molecule has 136 valence electrons. The standard InChI is InChI=1S/C17H16FN3O4S/c1-9-12-15(20-17(24)21(8-7-18)16(12)23)26-13(9)14(22)19-10-5-3-4-6-11(10)25-2/h3-6H,7-8H2,1-2H3,(H,19,22)(H,20,24). The quantitative estimate of drug-likeness (QED) is 0.713. The average Bonchev–Trinajstić information content (AvgIpc) is 2.95. The third-order valence-corrected chi connectivity index (χ3v) is 5.15. The maximum Gasteiger partial charge on any atom is 0.329 e. The number of aryl methyl sites for hydroxylation is 1. The summed E-state index contributed by atoms with van der Waals surface area (Å²) in [6.45, 7) is 0.455. The van der Waals surface area contributed by atoms with Crippen molar-refractivity contribution in [1.82, 2.24) is 9.55 Å². The third-order valence-electron chi connectivity index (χ3n) is 3.94. The summed E-state index contributed by atoms with van der Waals surface area (Å²) in [5.41, 5.74) is -0.379. The van der Waals surface area contributed by atoms with Gasteiger partial charge in [0.2, 0.25) is 0 Å². The molecule has 2 heterocycles. The number of para-hydroxylation sites is 2. The number of nitrogens with zero attached hydrogens (tertiary/aromatic N) is 1. The molecular formula is C17H16FN3O4S. The fourth-order valence-electron chi connectivity index (χ4n) is 2.68. The van der Waals surface area contributed by atoms with Crippen molar-refractivity contribution >= 4 is 33.1 Å². The van der Waals surface area contributed by atoms with Crippen LogP contribution in [0.3, 0.4) is 0 Å². The number of nitrogens with one attached hydrogen (secondary N) is 2. The number of alkyl halides is 1. The monoisotopic (exact) mass is 377 g/mol. The summed E-state index contributed by atoms with van der Waals surface area (Å²) >= 11 is 1.00. The van der Waals surface area contributed by atoms with Crippen molar-refractivity contribution in [2.45, 2.75) is 13.5 Å². The first kappa shape index (κ1) is 17.9. The predicted octanol–water partition coefficient (Wildman–Crippen LogP) is 2.29. The van der Waals surface area contributed by atoms with E-state index in [2.05, 4.69) is 10.3 Å². The zero-order valence-electron chi connectivity index (χ0n) is 14.1. The van der Waals surface area contributed by atoms with Crippen LogP contribution < -0.4 is 21.3 Å². The Morgan fingerprint density at radius 2 is 2.08 bits per heavy atom. The number of carbonyl (C=O) groups excluding carboxylic acids is 1. The van der Waals surface area contributed by atoms with Gasteiger partial charge >= 0.3 is 5.69 Å². The molecule has 0 radical (unpaired) electrons. The van der Waals surface area contributed by atoms with E-state index in [0.717, 1.165) is 15.9 Å². The maximum atomic E-state index is 12.7. The number of amides is 1. The van der Waals surface area contributed by atoms with E-state index in [1.165, 1.54) is 7.11 Å². The van der Waals surface area contributed by atoms with Gasteiger partial charge in [0, 0.05) is 0 Å². The third kappa shape index (κ3) is 3.01. The molecule has 3 aromatic rings. The van der Waals surface area contributed by atoms with Crippen molar-refractivity contribution in [2.24, 2.45) is 0 Å². The highest BCUT2D eigenvalue weighted by molar-refractivity contribution is 7.20. The molecule has 9 heteroatoms. The molecule has 7 nitrogen and oxygen atoms in total. The summed E-state index contributed by atoms with van der Waals surface area (Å²) in [4.78, 5) is 40.2. The number of thiophene rings is 1. The van der Waals surface area contributed by atoms with E-state index in [1.54, 1.807) is 31.2 Å². The molecule has 0 saturated carbocycles. The summed E-state index contributed by atoms with van der Waals surface area (Å²) in [5, 5.41) is 2.95. The number of ether oxygens (including phenoxy) is 1. The molecule has 0 aliphatic carbocycles. The molecule has 0 atom stereocenters. The highest BCUT2D eigenvalue weighted by atomic mass is 32.1. The van der Waals surface area contributed by atoms with Crippen molar-refractivity contribution in [2.75, 3.05) is 19.1 Å². The van der Waals surface area contributed by atoms with Crippen LogP contribution in [0.5, 0.6) is 5.75 Å². The first-order valence-electron chi connectivity index (χ1n) is 7.74. The van der Waals surface area contributed by atoms with Gasteiger partial charge in [-0.1, -0.05) is 12.1 Å². The first-order chi connectivity index (χ1) is 12.5. The SMILES string of the molecule is COc1ccccc1NC(=O)c1sc2[nH]c(=O)n(CCF)c(=O)c2c1C. The lowest BCUT2D eigenvalue weighted by Gasteiger charge is -2.09. The molecule has 0 bridgehead atoms. The van der Waals surface area contributed by atoms with Crippen LogP contribution in [-0.4, -0.2) is 29.2 Å². The molecule has 0 aliphatic heterocycles. The Morgan fingerprint density at radius 1 is 1.35 bits per heavy atom. The lowest BCUT2D eigenvalue weighted by atomic mass is 10.2. The van der Waals surface area contributed by atoms with E-state index in [-0.39, 0.29) is 21.6 Å². The van der Waals surface area contributed by atoms with Crippen LogP contribution in [0.1, 0.15) is 15.2 Å². The minimum Gasteiger partial charge on any atom is -0.495 e. The number of aromatic amines is 1. The summed E-state index contributed by atoms with van der Waals surface area (Å²) in [7, 11) is 1.49. The van der Waals surface area contributed by atoms with E-state index >= 15 is 0 Å². The van der Waals surface area contributed by atoms with Gasteiger partial charge in [-0.3, -0.25) is 19.1 Å². The number of benzene rings is 1. The van der Waals surface area contributed by atoms with Crippen molar-refractivity contribution in [3.8, 4) is 5.75 Å². The maximum absolute atomic E-state index is 12.7. The minimum absolute atomic E-state index is 0.216. The number of methoxy groups -OCH3 is 1. The van der Waals surface area contributed by atoms with Crippen molar-refractivity contribution in [1.29, 1.82) is 0 Å². The molecule has 2 N–H and O–H groups in total. The molecule has 1 amide bonds. The van der Waals surface area contributed by atoms with Crippen molar-refractivity contribution in [3.63, 3.8) is 0 Å². The normalized spacial score (nSPS) is 10.9. The summed E-state index contributed by atoms with van der Waals surface area (Å²) < 4.78 is 18.6. The smallest absolute Gasteiger partial charge is 0.329 e. The van der Waals surface area contributed by atoms with Gasteiger partial charge in [-0.15, -0.1) is 11.3 Å². The van der Waals surface area contributed by atoms with Crippen LogP contribution in [-0.2, 0) is 6.54 Å². The van der Waals surface area contributed by atoms with Gasteiger partial charge in [-0.2, -0.15) is 0 Å². The summed E-state index contributed by atoms with van der Waals surface area (Å²) in [5.74, 6) is 0.0730. The summed E-state index contributed by atoms with van der Waals surface area (Å²) in [6.07, 6.45) is 0. The number of rotatable bonds is 5. The Bertz CT molecular complexity index is 1100. The molecule has 1 aromatic carbocycles. The van der Waals surface area contributed by atoms with Gasteiger partial charge in [0.05, 0.1) is 29.6 Å². The fourth-order valence-corrected chi connectivity index (χ4v) is 3.77. The number of hydrogen-bond donors (Lipinski definition) is 2. The van der Waals surface area contributed by atoms with Gasteiger partial charge in [-0.05, 0) is 24.6 Å². The molecule has 0 spiro atoms. The van der Waals surface area contributed by atoms with Crippen molar-refractivity contribution in [3.05, 3.63) is 55.5 Å². The van der Waals surface area contributed by atoms with E-state index in [4.69, 9.17) is 4.74 Å². The Balaban J connectivity index is 2.07. The Morgan fingerprint density at radius 3 is 2.77 bits per heavy atom. The molecule has 26 heavy (non-hydrogen) atoms. The van der Waals surface area contributed by atoms with Gasteiger partial charge in [-0.25, -0.2) is 9.18 Å². The Labute approximate surface area is 151 Å². The van der Waals surface area contributed by atoms with Crippen LogP contribution in [0.15, 0.2) is 33.9 Å². The van der Waals surface area contributed by atoms with Crippen LogP contribution in [0, 0.1) is 6.92 Å². The van der Waals surface area contributed by atoms with E-state index < -0.39 is 23.8 Å². The second-order valence-corrected chi connectivity index (χ2v) is 6.51. The molecule has 0 unspecified atom stereocenters. The number of aromatic nitrogens is 2. The van der Waals surface area contributed by atoms with Gasteiger partial charge in [0.1, 0.15) is 17.3 Å². The average molecular weight is 377 g/mol. The molecule has 3 rings (SSSR count). The van der Waals surface area contributed by atoms with E-state index in [9.17, 15) is 18.8 Å². The number of H-pyrrole nitrogens is 1. The second kappa shape index (κ2) is 7.12. The molecule has 0 fully saturated rings. The minimum atomic E-state index is -0.835. The van der Waals surface area contributed by atoms with Crippen LogP contribution in [0.25, 0.3) is 10.2 Å². The molecule has 2 aromatic heterocycles. The fraction of sp³-hybridized carbons (Fsp3) is 0.235. The zero-order valence-corrected chi connectivity index (χ0v) is 14.9. The van der Waals surface area contributed by atoms with Gasteiger partial charge < -0.3 is 10.1 Å². The second-order valence-electron chi connectivity index (χ2n) is 5.49. The molecular weight excluding hydrogens is 361 g/mol. The first-order valence-corrected chi connectivity index (χ1v) is 8.56. The lowest BCUT2D eigenvalue weighted by molar-refractivity contribution is 0.102. The lowest BCUT2D eigenvalue weighted by Crippen LogP contribution is -2.35. The molecule has 0 saturated heterocycles. The van der Waals surface area contributed by atoms with Crippen molar-refractivity contribution < 1.29 is 13.9 Å². The largest absolute Gasteiger partial charge is 0.495 e. The predicted molar refractivity (Wildman–Crippen MR) is 98.4 cm³/mol. The van der Waals surface area contributed by atoms with Gasteiger partial charge in [0.15, 0.2) is 0 Å². The highest BCUT2D eigenvalue weighted by Crippen LogP contribution is 2.29. The number of fused-ring (bicyclic) bond motifs is 1. The van der Waals surface area contributed by atoms with Crippen LogP contribution >= 0.6 is 11.3 Å². The Hall–Kier alpha value is -2.94. The molecule has 0 aliphatic rings. The van der Waals surface area contributed by atoms with E-state index in [1.807, 2.05) is 0 Å². The van der Waals surface area contributed by atoms with E-state index in [0.29, 0.717) is 17.0 Å². The van der Waals surface area contributed by atoms with Crippen LogP contribution in [0.4, 0.5) is 10.1 Å². The number of hydrogen-bond acceptors (Lipinski definition) is 5. The zero-order chi connectivity index (χ0) is 18.8. The summed E-state index contributed by atoms with van der Waals surface area (Å²) in [6, 6.07) is 6.93. The number of carbonyl (C=O) groups is 1. The highest BCUT2D eigenvalue weighted by Gasteiger charge is 2.21. The van der Waals surface area contributed by atoms with Crippen LogP contribution in [0.2, 0.25) is 0 Å². The van der Waals surface area contributed by atoms with Gasteiger partial charge in [0.25, 0.3) is 11.5 Å². The number of anilines is 1. The topological polar surface area (TPSA) is 93.2 Å². The Kier molecular flexibility index (Phi) is 4.90.